The second-order valence-electron chi connectivity index (χ2n) is 5.16. The summed E-state index contributed by atoms with van der Waals surface area (Å²) >= 11 is 0. The standard InChI is InChI=1S/C15H27N3O2/c1-4-9-20-15-13(16)5-6-14(18-15)17-8-11-19-10-7-12(2)3/h5-6,12H,4,7-11,16H2,1-3H3,(H,17,18). The fourth-order valence-electron chi connectivity index (χ4n) is 1.54. The van der Waals surface area contributed by atoms with Crippen LogP contribution in [0.3, 0.4) is 0 Å². The van der Waals surface area contributed by atoms with Crippen molar-refractivity contribution in [3.63, 3.8) is 0 Å². The van der Waals surface area contributed by atoms with Crippen molar-refractivity contribution in [1.29, 1.82) is 0 Å². The second kappa shape index (κ2) is 9.42. The van der Waals surface area contributed by atoms with E-state index in [-0.39, 0.29) is 0 Å². The molecule has 0 spiro atoms. The normalized spacial score (nSPS) is 10.8. The smallest absolute Gasteiger partial charge is 0.239 e. The summed E-state index contributed by atoms with van der Waals surface area (Å²) in [6.45, 7) is 9.26. The molecule has 0 saturated carbocycles. The Morgan fingerprint density at radius 1 is 1.25 bits per heavy atom. The molecule has 5 heteroatoms. The third-order valence-corrected chi connectivity index (χ3v) is 2.72. The Kier molecular flexibility index (Phi) is 7.80. The van der Waals surface area contributed by atoms with E-state index in [4.69, 9.17) is 15.2 Å². The van der Waals surface area contributed by atoms with Crippen LogP contribution in [0.1, 0.15) is 33.6 Å². The molecule has 1 heterocycles. The molecule has 0 atom stereocenters. The number of hydrogen-bond acceptors (Lipinski definition) is 5. The molecule has 3 N–H and O–H groups in total. The fourth-order valence-corrected chi connectivity index (χ4v) is 1.54. The van der Waals surface area contributed by atoms with Gasteiger partial charge >= 0.3 is 0 Å². The van der Waals surface area contributed by atoms with E-state index >= 15 is 0 Å². The van der Waals surface area contributed by atoms with Gasteiger partial charge in [0.15, 0.2) is 0 Å². The van der Waals surface area contributed by atoms with Gasteiger partial charge in [-0.1, -0.05) is 20.8 Å². The van der Waals surface area contributed by atoms with Crippen LogP contribution in [0.25, 0.3) is 0 Å². The molecule has 0 unspecified atom stereocenters. The summed E-state index contributed by atoms with van der Waals surface area (Å²) in [6.07, 6.45) is 2.03. The lowest BCUT2D eigenvalue weighted by Gasteiger charge is -2.11. The summed E-state index contributed by atoms with van der Waals surface area (Å²) in [5, 5.41) is 3.21. The van der Waals surface area contributed by atoms with Gasteiger partial charge in [0.05, 0.1) is 18.9 Å². The zero-order valence-corrected chi connectivity index (χ0v) is 12.8. The molecule has 0 amide bonds. The van der Waals surface area contributed by atoms with Crippen LogP contribution in [0.2, 0.25) is 0 Å². The minimum atomic E-state index is 0.498. The molecule has 0 bridgehead atoms. The minimum absolute atomic E-state index is 0.498. The lowest BCUT2D eigenvalue weighted by Crippen LogP contribution is -2.12. The fraction of sp³-hybridized carbons (Fsp3) is 0.667. The van der Waals surface area contributed by atoms with Gasteiger partial charge in [-0.25, -0.2) is 0 Å². The summed E-state index contributed by atoms with van der Waals surface area (Å²) < 4.78 is 11.0. The lowest BCUT2D eigenvalue weighted by molar-refractivity contribution is 0.132. The number of ether oxygens (including phenoxy) is 2. The van der Waals surface area contributed by atoms with Crippen LogP contribution in [0.5, 0.6) is 5.88 Å². The number of nitrogens with two attached hydrogens (primary N) is 1. The molecule has 20 heavy (non-hydrogen) atoms. The number of nitrogens with one attached hydrogen (secondary N) is 1. The average Bonchev–Trinajstić information content (AvgIpc) is 2.42. The monoisotopic (exact) mass is 281 g/mol. The van der Waals surface area contributed by atoms with E-state index in [9.17, 15) is 0 Å². The van der Waals surface area contributed by atoms with Crippen molar-refractivity contribution in [3.8, 4) is 5.88 Å². The summed E-state index contributed by atoms with van der Waals surface area (Å²) in [7, 11) is 0. The van der Waals surface area contributed by atoms with Crippen LogP contribution in [0.15, 0.2) is 12.1 Å². The Labute approximate surface area is 121 Å². The van der Waals surface area contributed by atoms with E-state index in [0.29, 0.717) is 30.7 Å². The quantitative estimate of drug-likeness (QED) is 0.645. The molecule has 0 aliphatic heterocycles. The van der Waals surface area contributed by atoms with Crippen molar-refractivity contribution in [2.45, 2.75) is 33.6 Å². The summed E-state index contributed by atoms with van der Waals surface area (Å²) in [5.74, 6) is 1.94. The first-order valence-corrected chi connectivity index (χ1v) is 7.34. The maximum absolute atomic E-state index is 5.81. The van der Waals surface area contributed by atoms with E-state index in [1.807, 2.05) is 13.0 Å². The maximum atomic E-state index is 5.81. The summed E-state index contributed by atoms with van der Waals surface area (Å²) in [4.78, 5) is 4.34. The van der Waals surface area contributed by atoms with Gasteiger partial charge in [-0.3, -0.25) is 0 Å². The summed E-state index contributed by atoms with van der Waals surface area (Å²) in [5.41, 5.74) is 6.38. The molecule has 1 aromatic heterocycles. The number of aromatic nitrogens is 1. The van der Waals surface area contributed by atoms with E-state index in [2.05, 4.69) is 24.1 Å². The first kappa shape index (κ1) is 16.6. The van der Waals surface area contributed by atoms with Crippen LogP contribution in [0, 0.1) is 5.92 Å². The van der Waals surface area contributed by atoms with Crippen LogP contribution >= 0.6 is 0 Å². The molecule has 0 radical (unpaired) electrons. The van der Waals surface area contributed by atoms with Crippen molar-refractivity contribution in [2.24, 2.45) is 5.92 Å². The number of anilines is 2. The number of nitrogens with zero attached hydrogens (tertiary/aromatic N) is 1. The molecule has 0 aromatic carbocycles. The van der Waals surface area contributed by atoms with Gasteiger partial charge < -0.3 is 20.5 Å². The molecule has 1 aromatic rings. The van der Waals surface area contributed by atoms with Crippen molar-refractivity contribution in [1.82, 2.24) is 4.98 Å². The highest BCUT2D eigenvalue weighted by Crippen LogP contribution is 2.20. The molecule has 5 nitrogen and oxygen atoms in total. The molecule has 1 rings (SSSR count). The van der Waals surface area contributed by atoms with E-state index in [0.717, 1.165) is 31.8 Å². The van der Waals surface area contributed by atoms with E-state index in [1.165, 1.54) is 0 Å². The van der Waals surface area contributed by atoms with Crippen molar-refractivity contribution >= 4 is 11.5 Å². The molecular weight excluding hydrogens is 254 g/mol. The highest BCUT2D eigenvalue weighted by Gasteiger charge is 2.03. The molecule has 0 aliphatic rings. The third kappa shape index (κ3) is 6.61. The Bertz CT molecular complexity index is 383. The van der Waals surface area contributed by atoms with Crippen LogP contribution in [0.4, 0.5) is 11.5 Å². The van der Waals surface area contributed by atoms with Gasteiger partial charge in [-0.2, -0.15) is 4.98 Å². The van der Waals surface area contributed by atoms with E-state index < -0.39 is 0 Å². The molecule has 0 saturated heterocycles. The number of rotatable bonds is 10. The Morgan fingerprint density at radius 2 is 2.05 bits per heavy atom. The van der Waals surface area contributed by atoms with Gasteiger partial charge in [0.2, 0.25) is 5.88 Å². The van der Waals surface area contributed by atoms with Crippen LogP contribution in [-0.2, 0) is 4.74 Å². The van der Waals surface area contributed by atoms with Gasteiger partial charge in [-0.05, 0) is 30.9 Å². The SMILES string of the molecule is CCCOc1nc(NCCOCCC(C)C)ccc1N. The van der Waals surface area contributed by atoms with E-state index in [1.54, 1.807) is 6.07 Å². The zero-order chi connectivity index (χ0) is 14.8. The Hall–Kier alpha value is -1.49. The highest BCUT2D eigenvalue weighted by atomic mass is 16.5. The number of hydrogen-bond donors (Lipinski definition) is 2. The molecule has 0 fully saturated rings. The number of pyridine rings is 1. The largest absolute Gasteiger partial charge is 0.476 e. The van der Waals surface area contributed by atoms with Gasteiger partial charge in [-0.15, -0.1) is 0 Å². The average molecular weight is 281 g/mol. The second-order valence-corrected chi connectivity index (χ2v) is 5.16. The predicted molar refractivity (Wildman–Crippen MR) is 83.2 cm³/mol. The Balaban J connectivity index is 2.29. The number of nitrogen functional groups attached to an aromatic ring is 1. The van der Waals surface area contributed by atoms with Crippen molar-refractivity contribution in [3.05, 3.63) is 12.1 Å². The van der Waals surface area contributed by atoms with Crippen LogP contribution in [-0.4, -0.2) is 31.3 Å². The highest BCUT2D eigenvalue weighted by molar-refractivity contribution is 5.53. The first-order valence-electron chi connectivity index (χ1n) is 7.34. The molecular formula is C15H27N3O2. The van der Waals surface area contributed by atoms with Crippen LogP contribution < -0.4 is 15.8 Å². The van der Waals surface area contributed by atoms with Gasteiger partial charge in [0, 0.05) is 13.2 Å². The van der Waals surface area contributed by atoms with Gasteiger partial charge in [0.1, 0.15) is 5.82 Å². The minimum Gasteiger partial charge on any atom is -0.476 e. The van der Waals surface area contributed by atoms with Gasteiger partial charge in [0.25, 0.3) is 0 Å². The summed E-state index contributed by atoms with van der Waals surface area (Å²) in [6, 6.07) is 3.65. The Morgan fingerprint density at radius 3 is 2.75 bits per heavy atom. The molecule has 0 aliphatic carbocycles. The van der Waals surface area contributed by atoms with Crippen molar-refractivity contribution in [2.75, 3.05) is 37.4 Å². The third-order valence-electron chi connectivity index (χ3n) is 2.72. The topological polar surface area (TPSA) is 69.4 Å². The maximum Gasteiger partial charge on any atom is 0.239 e. The zero-order valence-electron chi connectivity index (χ0n) is 12.8. The molecule has 114 valence electrons. The predicted octanol–water partition coefficient (Wildman–Crippen LogP) is 2.93. The van der Waals surface area contributed by atoms with Crippen molar-refractivity contribution < 1.29 is 9.47 Å². The first-order chi connectivity index (χ1) is 9.63. The lowest BCUT2D eigenvalue weighted by atomic mass is 10.1.